The Morgan fingerprint density at radius 1 is 0.538 bits per heavy atom. The Balaban J connectivity index is 2.54. The van der Waals surface area contributed by atoms with Crippen molar-refractivity contribution in [2.45, 2.75) is 117 Å². The number of aryl methyl sites for hydroxylation is 2. The number of rotatable bonds is 16. The van der Waals surface area contributed by atoms with E-state index in [0.717, 1.165) is 12.8 Å². The summed E-state index contributed by atoms with van der Waals surface area (Å²) in [7, 11) is 0. The summed E-state index contributed by atoms with van der Waals surface area (Å²) in [4.78, 5) is 0. The predicted octanol–water partition coefficient (Wildman–Crippen LogP) is 6.41. The molecule has 0 saturated carbocycles. The molecular weight excluding hydrogens is 316 g/mol. The van der Waals surface area contributed by atoms with Crippen LogP contribution in [0.3, 0.4) is 0 Å². The van der Waals surface area contributed by atoms with Crippen LogP contribution >= 0.6 is 0 Å². The first kappa shape index (κ1) is 23.2. The minimum Gasteiger partial charge on any atom is -0.326 e. The highest BCUT2D eigenvalue weighted by atomic mass is 14.6. The Morgan fingerprint density at radius 3 is 1.23 bits per heavy atom. The summed E-state index contributed by atoms with van der Waals surface area (Å²) < 4.78 is 0. The first-order chi connectivity index (χ1) is 12.8. The van der Waals surface area contributed by atoms with Crippen molar-refractivity contribution in [1.82, 2.24) is 0 Å². The number of hydrogen-bond donors (Lipinski definition) is 2. The Hall–Kier alpha value is -0.860. The molecule has 1 aromatic carbocycles. The van der Waals surface area contributed by atoms with E-state index in [1.165, 1.54) is 99.3 Å². The van der Waals surface area contributed by atoms with Crippen molar-refractivity contribution in [3.05, 3.63) is 34.4 Å². The molecule has 0 bridgehead atoms. The van der Waals surface area contributed by atoms with E-state index in [1.807, 2.05) is 0 Å². The van der Waals surface area contributed by atoms with Gasteiger partial charge in [0.15, 0.2) is 0 Å². The lowest BCUT2D eigenvalue weighted by Crippen LogP contribution is -2.12. The van der Waals surface area contributed by atoms with E-state index in [9.17, 15) is 0 Å². The fraction of sp³-hybridized carbons (Fsp3) is 0.750. The van der Waals surface area contributed by atoms with E-state index in [0.29, 0.717) is 13.1 Å². The molecule has 0 aromatic heterocycles. The van der Waals surface area contributed by atoms with E-state index in [-0.39, 0.29) is 0 Å². The van der Waals surface area contributed by atoms with Gasteiger partial charge >= 0.3 is 0 Å². The first-order valence-electron chi connectivity index (χ1n) is 11.3. The number of unbranched alkanes of at least 4 members (excludes halogenated alkanes) is 10. The summed E-state index contributed by atoms with van der Waals surface area (Å²) in [5.74, 6) is 0. The van der Waals surface area contributed by atoms with Crippen LogP contribution in [0.1, 0.15) is 113 Å². The highest BCUT2D eigenvalue weighted by Crippen LogP contribution is 2.23. The molecule has 0 radical (unpaired) electrons. The largest absolute Gasteiger partial charge is 0.326 e. The third kappa shape index (κ3) is 8.68. The molecule has 1 aromatic rings. The van der Waals surface area contributed by atoms with Crippen molar-refractivity contribution in [3.8, 4) is 0 Å². The molecule has 4 N–H and O–H groups in total. The Kier molecular flexibility index (Phi) is 13.6. The van der Waals surface area contributed by atoms with Crippen LogP contribution in [0.15, 0.2) is 12.1 Å². The summed E-state index contributed by atoms with van der Waals surface area (Å²) in [6.45, 7) is 5.80. The zero-order valence-corrected chi connectivity index (χ0v) is 17.6. The molecule has 0 atom stereocenters. The molecule has 0 aliphatic heterocycles. The average molecular weight is 361 g/mol. The zero-order valence-electron chi connectivity index (χ0n) is 17.6. The van der Waals surface area contributed by atoms with E-state index in [2.05, 4.69) is 26.0 Å². The third-order valence-corrected chi connectivity index (χ3v) is 5.63. The van der Waals surface area contributed by atoms with E-state index >= 15 is 0 Å². The summed E-state index contributed by atoms with van der Waals surface area (Å²) in [6.07, 6.45) is 18.4. The molecule has 150 valence electrons. The van der Waals surface area contributed by atoms with Gasteiger partial charge in [0, 0.05) is 13.1 Å². The smallest absolute Gasteiger partial charge is 0.0184 e. The fourth-order valence-electron chi connectivity index (χ4n) is 3.96. The van der Waals surface area contributed by atoms with Gasteiger partial charge in [-0.05, 0) is 47.9 Å². The average Bonchev–Trinajstić information content (AvgIpc) is 2.67. The van der Waals surface area contributed by atoms with Crippen molar-refractivity contribution < 1.29 is 0 Å². The van der Waals surface area contributed by atoms with Gasteiger partial charge in [0.05, 0.1) is 0 Å². The van der Waals surface area contributed by atoms with Gasteiger partial charge in [-0.25, -0.2) is 0 Å². The van der Waals surface area contributed by atoms with Crippen LogP contribution in [0.25, 0.3) is 0 Å². The standard InChI is InChI=1S/C24H44N2/c1-3-5-7-9-11-13-15-21-17-18-22(24(20-26)23(21)19-25)16-14-12-10-8-6-4-2/h17-18H,3-16,19-20,25-26H2,1-2H3. The monoisotopic (exact) mass is 360 g/mol. The fourth-order valence-corrected chi connectivity index (χ4v) is 3.96. The van der Waals surface area contributed by atoms with Gasteiger partial charge in [-0.3, -0.25) is 0 Å². The molecule has 2 nitrogen and oxygen atoms in total. The molecule has 1 rings (SSSR count). The molecule has 0 unspecified atom stereocenters. The van der Waals surface area contributed by atoms with Crippen molar-refractivity contribution >= 4 is 0 Å². The molecule has 0 fully saturated rings. The van der Waals surface area contributed by atoms with Crippen molar-refractivity contribution in [2.75, 3.05) is 0 Å². The van der Waals surface area contributed by atoms with E-state index < -0.39 is 0 Å². The number of benzene rings is 1. The Morgan fingerprint density at radius 2 is 0.885 bits per heavy atom. The van der Waals surface area contributed by atoms with E-state index in [1.54, 1.807) is 0 Å². The molecule has 0 aliphatic carbocycles. The molecule has 0 saturated heterocycles. The molecular formula is C24H44N2. The SMILES string of the molecule is CCCCCCCCc1ccc(CCCCCCCC)c(CN)c1CN. The second kappa shape index (κ2) is 15.2. The predicted molar refractivity (Wildman–Crippen MR) is 116 cm³/mol. The van der Waals surface area contributed by atoms with Crippen molar-refractivity contribution in [2.24, 2.45) is 11.5 Å². The van der Waals surface area contributed by atoms with Gasteiger partial charge < -0.3 is 11.5 Å². The lowest BCUT2D eigenvalue weighted by atomic mass is 9.90. The molecule has 2 heteroatoms. The van der Waals surface area contributed by atoms with Gasteiger partial charge in [-0.1, -0.05) is 90.2 Å². The molecule has 0 amide bonds. The minimum atomic E-state index is 0.627. The molecule has 0 spiro atoms. The Labute approximate surface area is 163 Å². The maximum Gasteiger partial charge on any atom is 0.0184 e. The molecule has 0 heterocycles. The van der Waals surface area contributed by atoms with Crippen molar-refractivity contribution in [3.63, 3.8) is 0 Å². The van der Waals surface area contributed by atoms with Crippen molar-refractivity contribution in [1.29, 1.82) is 0 Å². The maximum absolute atomic E-state index is 6.12. The second-order valence-electron chi connectivity index (χ2n) is 7.78. The molecule has 0 aliphatic rings. The van der Waals surface area contributed by atoms with Gasteiger partial charge in [-0.15, -0.1) is 0 Å². The molecule has 26 heavy (non-hydrogen) atoms. The summed E-state index contributed by atoms with van der Waals surface area (Å²) in [5.41, 5.74) is 17.8. The second-order valence-corrected chi connectivity index (χ2v) is 7.78. The highest BCUT2D eigenvalue weighted by Gasteiger charge is 2.11. The number of nitrogens with two attached hydrogens (primary N) is 2. The highest BCUT2D eigenvalue weighted by molar-refractivity contribution is 5.41. The van der Waals surface area contributed by atoms with Crippen LogP contribution in [-0.4, -0.2) is 0 Å². The van der Waals surface area contributed by atoms with Gasteiger partial charge in [-0.2, -0.15) is 0 Å². The quantitative estimate of drug-likeness (QED) is 0.335. The van der Waals surface area contributed by atoms with E-state index in [4.69, 9.17) is 11.5 Å². The Bertz CT molecular complexity index is 425. The van der Waals surface area contributed by atoms with Crippen LogP contribution in [0, 0.1) is 0 Å². The van der Waals surface area contributed by atoms with Crippen LogP contribution in [0.4, 0.5) is 0 Å². The lowest BCUT2D eigenvalue weighted by molar-refractivity contribution is 0.603. The first-order valence-corrected chi connectivity index (χ1v) is 11.3. The van der Waals surface area contributed by atoms with Gasteiger partial charge in [0.25, 0.3) is 0 Å². The minimum absolute atomic E-state index is 0.627. The van der Waals surface area contributed by atoms with Crippen LogP contribution in [-0.2, 0) is 25.9 Å². The normalized spacial score (nSPS) is 11.2. The third-order valence-electron chi connectivity index (χ3n) is 5.63. The lowest BCUT2D eigenvalue weighted by Gasteiger charge is -2.17. The number of hydrogen-bond acceptors (Lipinski definition) is 2. The van der Waals surface area contributed by atoms with Gasteiger partial charge in [0.1, 0.15) is 0 Å². The topological polar surface area (TPSA) is 52.0 Å². The van der Waals surface area contributed by atoms with Gasteiger partial charge in [0.2, 0.25) is 0 Å². The van der Waals surface area contributed by atoms with Crippen LogP contribution < -0.4 is 11.5 Å². The maximum atomic E-state index is 6.12. The zero-order chi connectivity index (χ0) is 19.0. The summed E-state index contributed by atoms with van der Waals surface area (Å²) in [6, 6.07) is 4.67. The van der Waals surface area contributed by atoms with Crippen LogP contribution in [0.5, 0.6) is 0 Å². The summed E-state index contributed by atoms with van der Waals surface area (Å²) >= 11 is 0. The van der Waals surface area contributed by atoms with Crippen LogP contribution in [0.2, 0.25) is 0 Å². The summed E-state index contributed by atoms with van der Waals surface area (Å²) in [5, 5.41) is 0.